The van der Waals surface area contributed by atoms with Gasteiger partial charge in [0.1, 0.15) is 0 Å². The Morgan fingerprint density at radius 2 is 1.63 bits per heavy atom. The van der Waals surface area contributed by atoms with Gasteiger partial charge in [-0.3, -0.25) is 0 Å². The molecule has 0 bridgehead atoms. The van der Waals surface area contributed by atoms with Gasteiger partial charge in [-0.25, -0.2) is 4.79 Å². The minimum Gasteiger partial charge on any atom is -0.465 e. The minimum absolute atomic E-state index is 0.339. The molecule has 1 N–H and O–H groups in total. The topological polar surface area (TPSA) is 38.3 Å². The number of nitrogens with one attached hydrogen (secondary N) is 1. The van der Waals surface area contributed by atoms with Crippen molar-refractivity contribution in [1.82, 2.24) is 0 Å². The predicted molar refractivity (Wildman–Crippen MR) is 77.0 cm³/mol. The molecule has 0 atom stereocenters. The van der Waals surface area contributed by atoms with Gasteiger partial charge in [-0.15, -0.1) is 0 Å². The van der Waals surface area contributed by atoms with Crippen molar-refractivity contribution in [3.8, 4) is 0 Å². The summed E-state index contributed by atoms with van der Waals surface area (Å²) < 4.78 is 4.80. The zero-order chi connectivity index (χ0) is 13.8. The number of anilines is 2. The molecule has 0 aliphatic heterocycles. The van der Waals surface area contributed by atoms with Crippen molar-refractivity contribution >= 4 is 17.3 Å². The van der Waals surface area contributed by atoms with E-state index in [1.807, 2.05) is 50.2 Å². The van der Waals surface area contributed by atoms with Crippen LogP contribution >= 0.6 is 0 Å². The lowest BCUT2D eigenvalue weighted by atomic mass is 10.1. The number of carbonyl (C=O) groups excluding carboxylic acids is 1. The van der Waals surface area contributed by atoms with Crippen LogP contribution in [0.15, 0.2) is 42.5 Å². The number of aryl methyl sites for hydroxylation is 2. The Morgan fingerprint density at radius 3 is 2.26 bits per heavy atom. The van der Waals surface area contributed by atoms with Crippen LogP contribution < -0.4 is 5.32 Å². The van der Waals surface area contributed by atoms with E-state index in [4.69, 9.17) is 4.74 Å². The van der Waals surface area contributed by atoms with Crippen LogP contribution in [0.2, 0.25) is 0 Å². The summed E-state index contributed by atoms with van der Waals surface area (Å²) in [6.07, 6.45) is 0. The minimum atomic E-state index is -0.339. The number of ether oxygens (including phenoxy) is 1. The molecule has 0 saturated carbocycles. The maximum atomic E-state index is 11.7. The van der Waals surface area contributed by atoms with Crippen LogP contribution in [0, 0.1) is 13.8 Å². The van der Waals surface area contributed by atoms with Crippen molar-refractivity contribution in [1.29, 1.82) is 0 Å². The molecule has 2 aromatic rings. The molecule has 3 heteroatoms. The van der Waals surface area contributed by atoms with Gasteiger partial charge < -0.3 is 10.1 Å². The molecule has 2 aromatic carbocycles. The second-order valence-electron chi connectivity index (χ2n) is 4.43. The van der Waals surface area contributed by atoms with E-state index in [0.29, 0.717) is 5.56 Å². The average molecular weight is 255 g/mol. The molecule has 0 unspecified atom stereocenters. The molecule has 0 radical (unpaired) electrons. The number of para-hydroxylation sites is 2. The Labute approximate surface area is 113 Å². The first kappa shape index (κ1) is 13.1. The van der Waals surface area contributed by atoms with Gasteiger partial charge in [-0.05, 0) is 37.1 Å². The highest BCUT2D eigenvalue weighted by Crippen LogP contribution is 2.26. The van der Waals surface area contributed by atoms with Crippen molar-refractivity contribution in [2.75, 3.05) is 12.4 Å². The summed E-state index contributed by atoms with van der Waals surface area (Å²) in [6, 6.07) is 13.4. The van der Waals surface area contributed by atoms with Gasteiger partial charge in [-0.1, -0.05) is 30.3 Å². The molecule has 2 rings (SSSR count). The van der Waals surface area contributed by atoms with E-state index in [-0.39, 0.29) is 5.97 Å². The zero-order valence-electron chi connectivity index (χ0n) is 11.4. The Kier molecular flexibility index (Phi) is 3.85. The molecule has 0 heterocycles. The van der Waals surface area contributed by atoms with Gasteiger partial charge >= 0.3 is 5.97 Å². The van der Waals surface area contributed by atoms with Crippen LogP contribution in [-0.2, 0) is 4.74 Å². The van der Waals surface area contributed by atoms with Crippen molar-refractivity contribution in [3.05, 3.63) is 59.2 Å². The smallest absolute Gasteiger partial charge is 0.339 e. The fraction of sp³-hybridized carbons (Fsp3) is 0.188. The van der Waals surface area contributed by atoms with Crippen molar-refractivity contribution < 1.29 is 9.53 Å². The number of benzene rings is 2. The lowest BCUT2D eigenvalue weighted by molar-refractivity contribution is 0.0602. The highest BCUT2D eigenvalue weighted by Gasteiger charge is 2.12. The van der Waals surface area contributed by atoms with Gasteiger partial charge in [0.15, 0.2) is 0 Å². The van der Waals surface area contributed by atoms with E-state index < -0.39 is 0 Å². The van der Waals surface area contributed by atoms with E-state index in [9.17, 15) is 4.79 Å². The summed E-state index contributed by atoms with van der Waals surface area (Å²) in [7, 11) is 1.39. The lowest BCUT2D eigenvalue weighted by Gasteiger charge is -2.14. The van der Waals surface area contributed by atoms with Crippen LogP contribution in [0.25, 0.3) is 0 Å². The van der Waals surface area contributed by atoms with Gasteiger partial charge in [0.25, 0.3) is 0 Å². The second kappa shape index (κ2) is 5.57. The molecule has 19 heavy (non-hydrogen) atoms. The third kappa shape index (κ3) is 2.76. The molecule has 98 valence electrons. The highest BCUT2D eigenvalue weighted by atomic mass is 16.5. The molecule has 0 saturated heterocycles. The summed E-state index contributed by atoms with van der Waals surface area (Å²) in [5, 5.41) is 3.32. The monoisotopic (exact) mass is 255 g/mol. The first-order chi connectivity index (χ1) is 9.13. The van der Waals surface area contributed by atoms with Crippen LogP contribution in [-0.4, -0.2) is 13.1 Å². The third-order valence-corrected chi connectivity index (χ3v) is 3.07. The number of methoxy groups -OCH3 is 1. The molecule has 0 fully saturated rings. The first-order valence-corrected chi connectivity index (χ1v) is 6.14. The molecule has 0 amide bonds. The normalized spacial score (nSPS) is 10.1. The largest absolute Gasteiger partial charge is 0.465 e. The maximum Gasteiger partial charge on any atom is 0.339 e. The number of esters is 1. The maximum absolute atomic E-state index is 11.7. The molecular weight excluding hydrogens is 238 g/mol. The molecule has 0 aliphatic rings. The molecule has 3 nitrogen and oxygen atoms in total. The quantitative estimate of drug-likeness (QED) is 0.847. The summed E-state index contributed by atoms with van der Waals surface area (Å²) >= 11 is 0. The van der Waals surface area contributed by atoms with Gasteiger partial charge in [0, 0.05) is 5.69 Å². The van der Waals surface area contributed by atoms with E-state index >= 15 is 0 Å². The van der Waals surface area contributed by atoms with E-state index in [1.54, 1.807) is 6.07 Å². The van der Waals surface area contributed by atoms with Crippen molar-refractivity contribution in [2.45, 2.75) is 13.8 Å². The fourth-order valence-electron chi connectivity index (χ4n) is 2.03. The molecular formula is C16H17NO2. The van der Waals surface area contributed by atoms with Crippen LogP contribution in [0.1, 0.15) is 21.5 Å². The SMILES string of the molecule is COC(=O)c1ccccc1Nc1c(C)cccc1C. The average Bonchev–Trinajstić information content (AvgIpc) is 2.42. The number of hydrogen-bond donors (Lipinski definition) is 1. The summed E-state index contributed by atoms with van der Waals surface area (Å²) in [5.41, 5.74) is 4.59. The van der Waals surface area contributed by atoms with Gasteiger partial charge in [-0.2, -0.15) is 0 Å². The summed E-state index contributed by atoms with van der Waals surface area (Å²) in [4.78, 5) is 11.7. The second-order valence-corrected chi connectivity index (χ2v) is 4.43. The Balaban J connectivity index is 2.42. The lowest BCUT2D eigenvalue weighted by Crippen LogP contribution is -2.06. The zero-order valence-corrected chi connectivity index (χ0v) is 11.4. The summed E-state index contributed by atoms with van der Waals surface area (Å²) in [6.45, 7) is 4.08. The van der Waals surface area contributed by atoms with Crippen LogP contribution in [0.5, 0.6) is 0 Å². The molecule has 0 spiro atoms. The van der Waals surface area contributed by atoms with Gasteiger partial charge in [0.05, 0.1) is 18.4 Å². The van der Waals surface area contributed by atoms with Crippen LogP contribution in [0.4, 0.5) is 11.4 Å². The first-order valence-electron chi connectivity index (χ1n) is 6.14. The van der Waals surface area contributed by atoms with E-state index in [0.717, 1.165) is 22.5 Å². The van der Waals surface area contributed by atoms with Crippen molar-refractivity contribution in [3.63, 3.8) is 0 Å². The Morgan fingerprint density at radius 1 is 1.00 bits per heavy atom. The summed E-state index contributed by atoms with van der Waals surface area (Å²) in [5.74, 6) is -0.339. The molecule has 0 aliphatic carbocycles. The number of hydrogen-bond acceptors (Lipinski definition) is 3. The standard InChI is InChI=1S/C16H17NO2/c1-11-7-6-8-12(2)15(11)17-14-10-5-4-9-13(14)16(18)19-3/h4-10,17H,1-3H3. The number of carbonyl (C=O) groups is 1. The Bertz CT molecular complexity index is 585. The highest BCUT2D eigenvalue weighted by molar-refractivity contribution is 5.96. The van der Waals surface area contributed by atoms with E-state index in [1.165, 1.54) is 7.11 Å². The predicted octanol–water partition coefficient (Wildman–Crippen LogP) is 3.83. The van der Waals surface area contributed by atoms with Crippen LogP contribution in [0.3, 0.4) is 0 Å². The van der Waals surface area contributed by atoms with E-state index in [2.05, 4.69) is 5.32 Å². The van der Waals surface area contributed by atoms with Gasteiger partial charge in [0.2, 0.25) is 0 Å². The third-order valence-electron chi connectivity index (χ3n) is 3.07. The Hall–Kier alpha value is -2.29. The van der Waals surface area contributed by atoms with Crippen molar-refractivity contribution in [2.24, 2.45) is 0 Å². The number of rotatable bonds is 3. The fourth-order valence-corrected chi connectivity index (χ4v) is 2.03. The molecule has 0 aromatic heterocycles.